The highest BCUT2D eigenvalue weighted by atomic mass is 16.8. The van der Waals surface area contributed by atoms with Crippen LogP contribution in [0.15, 0.2) is 10.5 Å². The van der Waals surface area contributed by atoms with Crippen LogP contribution in [0.1, 0.15) is 13.8 Å². The number of rotatable bonds is 6. The molecule has 1 N–H and O–H groups in total. The van der Waals surface area contributed by atoms with Crippen LogP contribution in [0.5, 0.6) is 0 Å². The third-order valence-electron chi connectivity index (χ3n) is 2.09. The van der Waals surface area contributed by atoms with Crippen LogP contribution in [0.2, 0.25) is 0 Å². The van der Waals surface area contributed by atoms with Crippen LogP contribution in [0.3, 0.4) is 0 Å². The first-order chi connectivity index (χ1) is 8.52. The number of hydrogen-bond donors (Lipinski definition) is 1. The molecule has 1 atom stereocenters. The third kappa shape index (κ3) is 4.44. The SMILES string of the molecule is CCOC(=O)OC(C)ON=NN1CC(C(=O)O)C1. The van der Waals surface area contributed by atoms with Crippen LogP contribution in [-0.2, 0) is 19.1 Å². The van der Waals surface area contributed by atoms with E-state index in [2.05, 4.69) is 20.0 Å². The Morgan fingerprint density at radius 2 is 2.17 bits per heavy atom. The van der Waals surface area contributed by atoms with E-state index in [-0.39, 0.29) is 19.7 Å². The van der Waals surface area contributed by atoms with Gasteiger partial charge in [0.2, 0.25) is 0 Å². The van der Waals surface area contributed by atoms with Gasteiger partial charge in [0.25, 0.3) is 6.29 Å². The van der Waals surface area contributed by atoms with Crippen LogP contribution in [0.4, 0.5) is 4.79 Å². The molecule has 0 aromatic heterocycles. The molecule has 0 aliphatic carbocycles. The second-order valence-electron chi connectivity index (χ2n) is 3.55. The molecule has 1 rings (SSSR count). The topological polar surface area (TPSA) is 110 Å². The molecule has 1 saturated heterocycles. The zero-order valence-corrected chi connectivity index (χ0v) is 10.1. The number of carboxylic acids is 1. The zero-order valence-electron chi connectivity index (χ0n) is 10.1. The zero-order chi connectivity index (χ0) is 13.5. The van der Waals surface area contributed by atoms with Crippen molar-refractivity contribution in [2.75, 3.05) is 19.7 Å². The fourth-order valence-electron chi connectivity index (χ4n) is 1.13. The number of carbonyl (C=O) groups excluding carboxylic acids is 1. The van der Waals surface area contributed by atoms with Gasteiger partial charge in [0.15, 0.2) is 0 Å². The van der Waals surface area contributed by atoms with Crippen LogP contribution in [0.25, 0.3) is 0 Å². The molecule has 0 spiro atoms. The van der Waals surface area contributed by atoms with Crippen LogP contribution in [0, 0.1) is 5.92 Å². The highest BCUT2D eigenvalue weighted by Crippen LogP contribution is 2.15. The predicted octanol–water partition coefficient (Wildman–Crippen LogP) is 0.821. The molecule has 9 nitrogen and oxygen atoms in total. The summed E-state index contributed by atoms with van der Waals surface area (Å²) in [6, 6.07) is 0. The Morgan fingerprint density at radius 3 is 2.72 bits per heavy atom. The van der Waals surface area contributed by atoms with Gasteiger partial charge in [-0.25, -0.2) is 4.79 Å². The summed E-state index contributed by atoms with van der Waals surface area (Å²) in [5.41, 5.74) is 0. The number of carboxylic acid groups (broad SMARTS) is 1. The normalized spacial score (nSPS) is 17.1. The van der Waals surface area contributed by atoms with Crippen molar-refractivity contribution in [1.29, 1.82) is 0 Å². The first kappa shape index (κ1) is 14.0. The summed E-state index contributed by atoms with van der Waals surface area (Å²) in [4.78, 5) is 26.1. The standard InChI is InChI=1S/C9H15N3O6/c1-3-16-9(15)17-6(2)18-11-10-12-4-7(5-12)8(13)14/h6-7H,3-5H2,1-2H3,(H,13,14). The highest BCUT2D eigenvalue weighted by Gasteiger charge is 2.32. The van der Waals surface area contributed by atoms with Crippen molar-refractivity contribution >= 4 is 12.1 Å². The Bertz CT molecular complexity index is 328. The average Bonchev–Trinajstić information content (AvgIpc) is 2.20. The summed E-state index contributed by atoms with van der Waals surface area (Å²) < 4.78 is 9.16. The summed E-state index contributed by atoms with van der Waals surface area (Å²) >= 11 is 0. The molecule has 18 heavy (non-hydrogen) atoms. The molecule has 1 fully saturated rings. The molecule has 1 aliphatic rings. The quantitative estimate of drug-likeness (QED) is 0.326. The fraction of sp³-hybridized carbons (Fsp3) is 0.778. The van der Waals surface area contributed by atoms with Gasteiger partial charge in [-0.15, -0.1) is 0 Å². The number of ether oxygens (including phenoxy) is 2. The van der Waals surface area contributed by atoms with Gasteiger partial charge in [0.1, 0.15) is 0 Å². The van der Waals surface area contributed by atoms with Gasteiger partial charge >= 0.3 is 12.1 Å². The van der Waals surface area contributed by atoms with Gasteiger partial charge in [-0.1, -0.05) is 0 Å². The van der Waals surface area contributed by atoms with Gasteiger partial charge in [-0.2, -0.15) is 0 Å². The van der Waals surface area contributed by atoms with E-state index in [0.717, 1.165) is 0 Å². The van der Waals surface area contributed by atoms with Crippen molar-refractivity contribution in [2.45, 2.75) is 20.1 Å². The third-order valence-corrected chi connectivity index (χ3v) is 2.09. The van der Waals surface area contributed by atoms with Crippen LogP contribution >= 0.6 is 0 Å². The summed E-state index contributed by atoms with van der Waals surface area (Å²) in [5, 5.41) is 17.0. The monoisotopic (exact) mass is 261 g/mol. The van der Waals surface area contributed by atoms with E-state index >= 15 is 0 Å². The maximum Gasteiger partial charge on any atom is 0.511 e. The minimum Gasteiger partial charge on any atom is -0.481 e. The Balaban J connectivity index is 2.13. The minimum absolute atomic E-state index is 0.206. The molecule has 0 aromatic carbocycles. The van der Waals surface area contributed by atoms with E-state index in [1.165, 1.54) is 11.9 Å². The van der Waals surface area contributed by atoms with Crippen molar-refractivity contribution in [2.24, 2.45) is 16.4 Å². The number of nitrogens with zero attached hydrogens (tertiary/aromatic N) is 3. The molecule has 0 radical (unpaired) electrons. The molecular weight excluding hydrogens is 246 g/mol. The molecule has 0 bridgehead atoms. The van der Waals surface area contributed by atoms with Gasteiger partial charge in [0.05, 0.1) is 25.6 Å². The van der Waals surface area contributed by atoms with Crippen LogP contribution in [-0.4, -0.2) is 48.2 Å². The lowest BCUT2D eigenvalue weighted by atomic mass is 10.0. The molecular formula is C9H15N3O6. The number of carbonyl (C=O) groups is 2. The van der Waals surface area contributed by atoms with Crippen molar-refractivity contribution in [3.63, 3.8) is 0 Å². The minimum atomic E-state index is -0.927. The largest absolute Gasteiger partial charge is 0.511 e. The van der Waals surface area contributed by atoms with E-state index in [0.29, 0.717) is 0 Å². The van der Waals surface area contributed by atoms with Crippen molar-refractivity contribution < 1.29 is 29.0 Å². The Kier molecular flexibility index (Phi) is 5.15. The van der Waals surface area contributed by atoms with Gasteiger partial charge in [-0.3, -0.25) is 9.80 Å². The maximum absolute atomic E-state index is 10.9. The van der Waals surface area contributed by atoms with E-state index < -0.39 is 24.3 Å². The second kappa shape index (κ2) is 6.62. The summed E-state index contributed by atoms with van der Waals surface area (Å²) in [6.07, 6.45) is -1.78. The molecule has 1 heterocycles. The first-order valence-electron chi connectivity index (χ1n) is 5.40. The second-order valence-corrected chi connectivity index (χ2v) is 3.55. The molecule has 1 aliphatic heterocycles. The lowest BCUT2D eigenvalue weighted by Gasteiger charge is -2.32. The van der Waals surface area contributed by atoms with Crippen molar-refractivity contribution in [3.05, 3.63) is 0 Å². The number of aliphatic carboxylic acids is 1. The summed E-state index contributed by atoms with van der Waals surface area (Å²) in [6.45, 7) is 3.88. The summed E-state index contributed by atoms with van der Waals surface area (Å²) in [7, 11) is 0. The van der Waals surface area contributed by atoms with Crippen molar-refractivity contribution in [1.82, 2.24) is 5.01 Å². The molecule has 1 unspecified atom stereocenters. The predicted molar refractivity (Wildman–Crippen MR) is 56.2 cm³/mol. The molecule has 9 heteroatoms. The maximum atomic E-state index is 10.9. The Hall–Kier alpha value is -2.06. The average molecular weight is 261 g/mol. The van der Waals surface area contributed by atoms with E-state index in [4.69, 9.17) is 9.94 Å². The smallest absolute Gasteiger partial charge is 0.481 e. The van der Waals surface area contributed by atoms with Gasteiger partial charge in [0, 0.05) is 12.2 Å². The molecule has 0 aromatic rings. The van der Waals surface area contributed by atoms with E-state index in [1.54, 1.807) is 6.92 Å². The van der Waals surface area contributed by atoms with Gasteiger partial charge in [-0.05, 0) is 12.1 Å². The lowest BCUT2D eigenvalue weighted by Crippen LogP contribution is -2.46. The summed E-state index contributed by atoms with van der Waals surface area (Å²) in [5.74, 6) is -1.28. The van der Waals surface area contributed by atoms with Crippen LogP contribution < -0.4 is 0 Å². The fourth-order valence-corrected chi connectivity index (χ4v) is 1.13. The van der Waals surface area contributed by atoms with Crippen molar-refractivity contribution in [3.8, 4) is 0 Å². The van der Waals surface area contributed by atoms with E-state index in [1.807, 2.05) is 0 Å². The molecule has 102 valence electrons. The molecule has 0 amide bonds. The molecule has 0 saturated carbocycles. The Labute approximate surface area is 103 Å². The Morgan fingerprint density at radius 1 is 1.50 bits per heavy atom. The first-order valence-corrected chi connectivity index (χ1v) is 5.40. The number of hydrogen-bond acceptors (Lipinski definition) is 7. The van der Waals surface area contributed by atoms with E-state index in [9.17, 15) is 9.59 Å². The lowest BCUT2D eigenvalue weighted by molar-refractivity contribution is -0.150. The highest BCUT2D eigenvalue weighted by molar-refractivity contribution is 5.71. The van der Waals surface area contributed by atoms with Gasteiger partial charge < -0.3 is 19.4 Å².